The fourth-order valence-corrected chi connectivity index (χ4v) is 4.42. The van der Waals surface area contributed by atoms with Gasteiger partial charge in [0.15, 0.2) is 16.7 Å². The van der Waals surface area contributed by atoms with E-state index < -0.39 is 0 Å². The number of hydrogen-bond donors (Lipinski definition) is 0. The molecule has 0 atom stereocenters. The molecule has 3 rings (SSSR count). The van der Waals surface area contributed by atoms with Gasteiger partial charge in [0.2, 0.25) is 0 Å². The number of nitrogens with zero attached hydrogens (tertiary/aromatic N) is 2. The smallest absolute Gasteiger partial charge is 0.266 e. The van der Waals surface area contributed by atoms with Gasteiger partial charge in [0.25, 0.3) is 5.91 Å². The molecule has 0 unspecified atom stereocenters. The van der Waals surface area contributed by atoms with Crippen LogP contribution in [0.25, 0.3) is 6.08 Å². The third-order valence-electron chi connectivity index (χ3n) is 4.61. The van der Waals surface area contributed by atoms with Gasteiger partial charge in [0.1, 0.15) is 6.61 Å². The third-order valence-corrected chi connectivity index (χ3v) is 6.48. The first-order valence-electron chi connectivity index (χ1n) is 9.89. The van der Waals surface area contributed by atoms with Gasteiger partial charge in [-0.05, 0) is 89.2 Å². The van der Waals surface area contributed by atoms with Gasteiger partial charge in [0, 0.05) is 23.2 Å². The second kappa shape index (κ2) is 10.9. The van der Waals surface area contributed by atoms with Crippen molar-refractivity contribution in [3.8, 4) is 11.5 Å². The number of likely N-dealkylation sites (N-methyl/N-ethyl adjacent to an activating group) is 1. The van der Waals surface area contributed by atoms with E-state index in [1.807, 2.05) is 31.2 Å². The molecular weight excluding hydrogens is 523 g/mol. The summed E-state index contributed by atoms with van der Waals surface area (Å²) in [5.41, 5.74) is 2.93. The maximum atomic E-state index is 12.5. The van der Waals surface area contributed by atoms with Gasteiger partial charge >= 0.3 is 0 Å². The molecule has 1 amide bonds. The van der Waals surface area contributed by atoms with Crippen molar-refractivity contribution in [3.05, 3.63) is 74.2 Å². The van der Waals surface area contributed by atoms with Crippen LogP contribution in [0.4, 0.5) is 0 Å². The summed E-state index contributed by atoms with van der Waals surface area (Å²) in [4.78, 5) is 18.9. The van der Waals surface area contributed by atoms with Gasteiger partial charge in [-0.15, -0.1) is 6.58 Å². The minimum absolute atomic E-state index is 0.0622. The lowest BCUT2D eigenvalue weighted by Crippen LogP contribution is -2.23. The van der Waals surface area contributed by atoms with E-state index in [0.717, 1.165) is 16.7 Å². The number of aliphatic imine (C=N–C) groups is 1. The van der Waals surface area contributed by atoms with E-state index in [-0.39, 0.29) is 5.91 Å². The molecule has 0 N–H and O–H groups in total. The van der Waals surface area contributed by atoms with Gasteiger partial charge in [-0.1, -0.05) is 18.2 Å². The van der Waals surface area contributed by atoms with Crippen molar-refractivity contribution in [3.63, 3.8) is 0 Å². The van der Waals surface area contributed by atoms with E-state index in [0.29, 0.717) is 41.2 Å². The number of amides is 1. The van der Waals surface area contributed by atoms with Gasteiger partial charge in [-0.3, -0.25) is 14.7 Å². The van der Waals surface area contributed by atoms with Gasteiger partial charge in [-0.2, -0.15) is 0 Å². The highest BCUT2D eigenvalue weighted by atomic mass is 127. The van der Waals surface area contributed by atoms with Crippen LogP contribution < -0.4 is 9.47 Å². The normalized spacial score (nSPS) is 16.3. The summed E-state index contributed by atoms with van der Waals surface area (Å²) in [5, 5.41) is 0.685. The standard InChI is InChI=1S/C24H25IN2O3S/c1-5-7-18-12-17(14-21-23(28)27(4)24(26-3)31-21)13-20(29-6-2)22(18)30-15-16-8-10-19(25)11-9-16/h5,8-14H,1,6-7,15H2,2-4H3/b21-14+,26-24?. The number of amidine groups is 1. The SMILES string of the molecule is C=CCc1cc(/C=C2/SC(=NC)N(C)C2=O)cc(OCC)c1OCc1ccc(I)cc1. The lowest BCUT2D eigenvalue weighted by molar-refractivity contribution is -0.121. The van der Waals surface area contributed by atoms with Crippen LogP contribution in [0.1, 0.15) is 23.6 Å². The molecule has 7 heteroatoms. The Kier molecular flexibility index (Phi) is 8.20. The first kappa shape index (κ1) is 23.4. The van der Waals surface area contributed by atoms with Crippen molar-refractivity contribution >= 4 is 51.5 Å². The van der Waals surface area contributed by atoms with Crippen molar-refractivity contribution in [2.24, 2.45) is 4.99 Å². The Morgan fingerprint density at radius 2 is 1.97 bits per heavy atom. The lowest BCUT2D eigenvalue weighted by Gasteiger charge is -2.17. The fourth-order valence-electron chi connectivity index (χ4n) is 3.14. The van der Waals surface area contributed by atoms with E-state index in [1.165, 1.54) is 15.3 Å². The lowest BCUT2D eigenvalue weighted by atomic mass is 10.0. The molecule has 0 radical (unpaired) electrons. The number of hydrogen-bond acceptors (Lipinski definition) is 5. The molecule has 1 aliphatic heterocycles. The largest absolute Gasteiger partial charge is 0.490 e. The predicted molar refractivity (Wildman–Crippen MR) is 137 cm³/mol. The van der Waals surface area contributed by atoms with Crippen molar-refractivity contribution in [1.82, 2.24) is 4.90 Å². The highest BCUT2D eigenvalue weighted by molar-refractivity contribution is 14.1. The van der Waals surface area contributed by atoms with Crippen molar-refractivity contribution in [2.45, 2.75) is 20.0 Å². The van der Waals surface area contributed by atoms with Crippen LogP contribution in [0, 0.1) is 3.57 Å². The zero-order valence-corrected chi connectivity index (χ0v) is 20.8. The summed E-state index contributed by atoms with van der Waals surface area (Å²) in [6, 6.07) is 12.2. The molecule has 1 saturated heterocycles. The Balaban J connectivity index is 1.96. The highest BCUT2D eigenvalue weighted by Crippen LogP contribution is 2.37. The molecule has 31 heavy (non-hydrogen) atoms. The van der Waals surface area contributed by atoms with E-state index in [2.05, 4.69) is 58.4 Å². The molecule has 1 aliphatic rings. The molecule has 162 valence electrons. The summed E-state index contributed by atoms with van der Waals surface area (Å²) in [6.45, 7) is 6.78. The molecule has 0 spiro atoms. The number of benzene rings is 2. The molecule has 2 aromatic rings. The fraction of sp³-hybridized carbons (Fsp3) is 0.250. The van der Waals surface area contributed by atoms with Gasteiger partial charge < -0.3 is 9.47 Å². The number of allylic oxidation sites excluding steroid dienone is 1. The Morgan fingerprint density at radius 1 is 1.23 bits per heavy atom. The van der Waals surface area contributed by atoms with Crippen LogP contribution in [-0.4, -0.2) is 36.7 Å². The molecule has 0 saturated carbocycles. The summed E-state index contributed by atoms with van der Waals surface area (Å²) >= 11 is 3.65. The summed E-state index contributed by atoms with van der Waals surface area (Å²) in [6.07, 6.45) is 4.34. The van der Waals surface area contributed by atoms with Gasteiger partial charge in [0.05, 0.1) is 11.5 Å². The molecule has 0 aromatic heterocycles. The first-order chi connectivity index (χ1) is 15.0. The van der Waals surface area contributed by atoms with E-state index >= 15 is 0 Å². The van der Waals surface area contributed by atoms with E-state index in [4.69, 9.17) is 9.47 Å². The van der Waals surface area contributed by atoms with Crippen LogP contribution >= 0.6 is 34.4 Å². The molecule has 1 heterocycles. The van der Waals surface area contributed by atoms with Crippen LogP contribution in [-0.2, 0) is 17.8 Å². The first-order valence-corrected chi connectivity index (χ1v) is 11.8. The average Bonchev–Trinajstić information content (AvgIpc) is 3.02. The summed E-state index contributed by atoms with van der Waals surface area (Å²) in [7, 11) is 3.42. The number of carbonyl (C=O) groups excluding carboxylic acids is 1. The van der Waals surface area contributed by atoms with Crippen molar-refractivity contribution in [1.29, 1.82) is 0 Å². The molecule has 0 aliphatic carbocycles. The second-order valence-corrected chi connectivity index (χ2v) is 9.08. The van der Waals surface area contributed by atoms with Crippen LogP contribution in [0.5, 0.6) is 11.5 Å². The Hall–Kier alpha value is -2.26. The quantitative estimate of drug-likeness (QED) is 0.248. The monoisotopic (exact) mass is 548 g/mol. The van der Waals surface area contributed by atoms with Crippen LogP contribution in [0.15, 0.2) is 59.0 Å². The average molecular weight is 548 g/mol. The maximum Gasteiger partial charge on any atom is 0.266 e. The second-order valence-electron chi connectivity index (χ2n) is 6.83. The zero-order chi connectivity index (χ0) is 22.4. The number of carbonyl (C=O) groups is 1. The van der Waals surface area contributed by atoms with Crippen LogP contribution in [0.2, 0.25) is 0 Å². The number of ether oxygens (including phenoxy) is 2. The minimum atomic E-state index is -0.0622. The molecular formula is C24H25IN2O3S. The predicted octanol–water partition coefficient (Wildman–Crippen LogP) is 5.53. The number of thioether (sulfide) groups is 1. The molecule has 2 aromatic carbocycles. The third kappa shape index (κ3) is 5.71. The van der Waals surface area contributed by atoms with E-state index in [9.17, 15) is 4.79 Å². The highest BCUT2D eigenvalue weighted by Gasteiger charge is 2.29. The van der Waals surface area contributed by atoms with Gasteiger partial charge in [-0.25, -0.2) is 0 Å². The van der Waals surface area contributed by atoms with Crippen LogP contribution in [0.3, 0.4) is 0 Å². The molecule has 1 fully saturated rings. The summed E-state index contributed by atoms with van der Waals surface area (Å²) in [5.74, 6) is 1.31. The minimum Gasteiger partial charge on any atom is -0.490 e. The molecule has 0 bridgehead atoms. The summed E-state index contributed by atoms with van der Waals surface area (Å²) < 4.78 is 13.3. The number of rotatable bonds is 8. The van der Waals surface area contributed by atoms with Crippen molar-refractivity contribution < 1.29 is 14.3 Å². The Labute approximate surface area is 201 Å². The van der Waals surface area contributed by atoms with Crippen molar-refractivity contribution in [2.75, 3.05) is 20.7 Å². The van der Waals surface area contributed by atoms with E-state index in [1.54, 1.807) is 19.0 Å². The number of halogens is 1. The molecule has 5 nitrogen and oxygen atoms in total. The topological polar surface area (TPSA) is 51.1 Å². The zero-order valence-electron chi connectivity index (χ0n) is 17.9. The Bertz CT molecular complexity index is 1030. The Morgan fingerprint density at radius 3 is 2.58 bits per heavy atom. The maximum absolute atomic E-state index is 12.5.